The van der Waals surface area contributed by atoms with E-state index in [4.69, 9.17) is 14.0 Å². The molecular formula is C12H35NO2Si3. The molecule has 0 saturated carbocycles. The molecule has 0 unspecified atom stereocenters. The summed E-state index contributed by atoms with van der Waals surface area (Å²) in [6.07, 6.45) is 2.39. The fourth-order valence-corrected chi connectivity index (χ4v) is 14.0. The van der Waals surface area contributed by atoms with Crippen LogP contribution in [0, 0.1) is 0 Å². The lowest BCUT2D eigenvalue weighted by molar-refractivity contribution is 0.395. The van der Waals surface area contributed by atoms with Crippen LogP contribution >= 0.6 is 0 Å². The SMILES string of the molecule is CCCCN.C[Si](C)(C)O[Si](C)(C)O[Si](C)(C)C. The van der Waals surface area contributed by atoms with Crippen LogP contribution in [0.2, 0.25) is 52.4 Å². The molecule has 3 nitrogen and oxygen atoms in total. The lowest BCUT2D eigenvalue weighted by atomic mass is 10.3. The van der Waals surface area contributed by atoms with E-state index in [2.05, 4.69) is 59.3 Å². The van der Waals surface area contributed by atoms with E-state index >= 15 is 0 Å². The van der Waals surface area contributed by atoms with Crippen LogP contribution in [0.15, 0.2) is 0 Å². The van der Waals surface area contributed by atoms with Gasteiger partial charge in [-0.2, -0.15) is 0 Å². The van der Waals surface area contributed by atoms with Gasteiger partial charge in [-0.25, -0.2) is 0 Å². The first kappa shape index (κ1) is 20.8. The minimum Gasteiger partial charge on any atom is -0.437 e. The lowest BCUT2D eigenvalue weighted by Crippen LogP contribution is -2.50. The average Bonchev–Trinajstić information content (AvgIpc) is 1.95. The summed E-state index contributed by atoms with van der Waals surface area (Å²) in [5.74, 6) is 0. The maximum absolute atomic E-state index is 6.09. The van der Waals surface area contributed by atoms with Crippen molar-refractivity contribution in [2.45, 2.75) is 72.1 Å². The van der Waals surface area contributed by atoms with Crippen molar-refractivity contribution in [1.82, 2.24) is 0 Å². The third kappa shape index (κ3) is 18.9. The predicted octanol–water partition coefficient (Wildman–Crippen LogP) is 4.14. The van der Waals surface area contributed by atoms with Gasteiger partial charge < -0.3 is 14.0 Å². The Morgan fingerprint density at radius 1 is 0.778 bits per heavy atom. The minimum absolute atomic E-state index is 0.844. The van der Waals surface area contributed by atoms with E-state index in [-0.39, 0.29) is 0 Å². The van der Waals surface area contributed by atoms with Gasteiger partial charge in [0.2, 0.25) is 0 Å². The van der Waals surface area contributed by atoms with Gasteiger partial charge in [0.1, 0.15) is 0 Å². The van der Waals surface area contributed by atoms with Crippen molar-refractivity contribution in [3.8, 4) is 0 Å². The van der Waals surface area contributed by atoms with Crippen molar-refractivity contribution in [3.05, 3.63) is 0 Å². The summed E-state index contributed by atoms with van der Waals surface area (Å²) >= 11 is 0. The van der Waals surface area contributed by atoms with Crippen molar-refractivity contribution in [2.75, 3.05) is 6.54 Å². The molecule has 0 bridgehead atoms. The Hall–Kier alpha value is 0.531. The fourth-order valence-electron chi connectivity index (χ4n) is 1.70. The molecule has 0 aliphatic rings. The van der Waals surface area contributed by atoms with E-state index in [1.165, 1.54) is 12.8 Å². The van der Waals surface area contributed by atoms with Gasteiger partial charge in [-0.1, -0.05) is 13.3 Å². The topological polar surface area (TPSA) is 44.5 Å². The monoisotopic (exact) mass is 309 g/mol. The summed E-state index contributed by atoms with van der Waals surface area (Å²) in [4.78, 5) is 0. The van der Waals surface area contributed by atoms with Gasteiger partial charge in [0.15, 0.2) is 16.6 Å². The molecule has 6 heteroatoms. The molecule has 112 valence electrons. The van der Waals surface area contributed by atoms with E-state index in [9.17, 15) is 0 Å². The van der Waals surface area contributed by atoms with Gasteiger partial charge in [0.25, 0.3) is 0 Å². The zero-order valence-corrected chi connectivity index (χ0v) is 17.0. The quantitative estimate of drug-likeness (QED) is 0.750. The smallest absolute Gasteiger partial charge is 0.311 e. The molecule has 2 N–H and O–H groups in total. The normalized spacial score (nSPS) is 13.0. The van der Waals surface area contributed by atoms with Crippen LogP contribution in [-0.4, -0.2) is 31.7 Å². The summed E-state index contributed by atoms with van der Waals surface area (Å²) in [5, 5.41) is 0. The van der Waals surface area contributed by atoms with Crippen LogP contribution in [-0.2, 0) is 8.23 Å². The third-order valence-corrected chi connectivity index (χ3v) is 10.5. The van der Waals surface area contributed by atoms with Crippen molar-refractivity contribution in [1.29, 1.82) is 0 Å². The Bertz CT molecular complexity index is 190. The number of unbranched alkanes of at least 4 members (excludes halogenated alkanes) is 1. The third-order valence-electron chi connectivity index (χ3n) is 1.66. The second kappa shape index (κ2) is 8.65. The molecule has 0 saturated heterocycles. The molecule has 0 aliphatic heterocycles. The molecule has 0 heterocycles. The van der Waals surface area contributed by atoms with Crippen molar-refractivity contribution in [2.24, 2.45) is 5.73 Å². The highest BCUT2D eigenvalue weighted by molar-refractivity contribution is 6.87. The molecule has 0 amide bonds. The molecule has 0 aromatic rings. The highest BCUT2D eigenvalue weighted by atomic mass is 28.5. The van der Waals surface area contributed by atoms with Crippen molar-refractivity contribution >= 4 is 25.2 Å². The Balaban J connectivity index is 0. The maximum Gasteiger partial charge on any atom is 0.311 e. The van der Waals surface area contributed by atoms with Crippen LogP contribution in [0.25, 0.3) is 0 Å². The van der Waals surface area contributed by atoms with Gasteiger partial charge in [-0.3, -0.25) is 0 Å². The highest BCUT2D eigenvalue weighted by Gasteiger charge is 2.35. The standard InChI is InChI=1S/C8H24O2Si3.C4H11N/c1-11(2,3)9-13(7,8)10-12(4,5)6;1-2-3-4-5/h1-8H3;2-5H2,1H3. The molecule has 0 rings (SSSR count). The van der Waals surface area contributed by atoms with Crippen molar-refractivity contribution in [3.63, 3.8) is 0 Å². The molecule has 0 atom stereocenters. The Morgan fingerprint density at radius 2 is 1.11 bits per heavy atom. The Kier molecular flexibility index (Phi) is 10.0. The summed E-state index contributed by atoms with van der Waals surface area (Å²) in [6.45, 7) is 20.6. The van der Waals surface area contributed by atoms with Crippen LogP contribution in [0.1, 0.15) is 19.8 Å². The van der Waals surface area contributed by atoms with Gasteiger partial charge >= 0.3 is 8.56 Å². The first-order valence-corrected chi connectivity index (χ1v) is 16.6. The van der Waals surface area contributed by atoms with E-state index in [0.717, 1.165) is 6.54 Å². The first-order chi connectivity index (χ1) is 7.83. The van der Waals surface area contributed by atoms with E-state index in [0.29, 0.717) is 0 Å². The molecule has 0 fully saturated rings. The lowest BCUT2D eigenvalue weighted by Gasteiger charge is -2.35. The number of rotatable bonds is 6. The van der Waals surface area contributed by atoms with Crippen LogP contribution in [0.3, 0.4) is 0 Å². The zero-order chi connectivity index (χ0) is 15.0. The van der Waals surface area contributed by atoms with Gasteiger partial charge in [0, 0.05) is 0 Å². The van der Waals surface area contributed by atoms with Crippen LogP contribution < -0.4 is 5.73 Å². The predicted molar refractivity (Wildman–Crippen MR) is 90.3 cm³/mol. The fraction of sp³-hybridized carbons (Fsp3) is 1.00. The molecule has 0 radical (unpaired) electrons. The minimum atomic E-state index is -1.85. The molecule has 0 spiro atoms. The summed E-state index contributed by atoms with van der Waals surface area (Å²) in [7, 11) is -4.72. The molecule has 18 heavy (non-hydrogen) atoms. The molecule has 0 aromatic heterocycles. The zero-order valence-electron chi connectivity index (χ0n) is 14.0. The van der Waals surface area contributed by atoms with E-state index in [1.807, 2.05) is 0 Å². The summed E-state index contributed by atoms with van der Waals surface area (Å²) < 4.78 is 12.2. The highest BCUT2D eigenvalue weighted by Crippen LogP contribution is 2.19. The number of hydrogen-bond donors (Lipinski definition) is 1. The first-order valence-electron chi connectivity index (χ1n) is 6.93. The van der Waals surface area contributed by atoms with Crippen molar-refractivity contribution < 1.29 is 8.23 Å². The van der Waals surface area contributed by atoms with Gasteiger partial charge in [-0.15, -0.1) is 0 Å². The Morgan fingerprint density at radius 3 is 1.22 bits per heavy atom. The summed E-state index contributed by atoms with van der Waals surface area (Å²) in [6, 6.07) is 0. The largest absolute Gasteiger partial charge is 0.437 e. The molecule has 0 aromatic carbocycles. The Labute approximate surface area is 118 Å². The van der Waals surface area contributed by atoms with E-state index in [1.54, 1.807) is 0 Å². The summed E-state index contributed by atoms with van der Waals surface area (Å²) in [5.41, 5.74) is 5.14. The van der Waals surface area contributed by atoms with Gasteiger partial charge in [0.05, 0.1) is 0 Å². The van der Waals surface area contributed by atoms with Crippen LogP contribution in [0.5, 0.6) is 0 Å². The average molecular weight is 310 g/mol. The second-order valence-electron chi connectivity index (χ2n) is 6.97. The molecule has 0 aliphatic carbocycles. The second-order valence-corrected chi connectivity index (χ2v) is 19.9. The number of nitrogens with two attached hydrogens (primary N) is 1. The maximum atomic E-state index is 6.09. The van der Waals surface area contributed by atoms with Crippen LogP contribution in [0.4, 0.5) is 0 Å². The number of hydrogen-bond acceptors (Lipinski definition) is 3. The molecular weight excluding hydrogens is 274 g/mol. The van der Waals surface area contributed by atoms with Gasteiger partial charge in [-0.05, 0) is 65.3 Å². The van der Waals surface area contributed by atoms with E-state index < -0.39 is 25.2 Å².